The molecule has 1 saturated heterocycles. The van der Waals surface area contributed by atoms with Gasteiger partial charge in [-0.05, 0) is 44.2 Å². The molecule has 0 bridgehead atoms. The maximum absolute atomic E-state index is 12.7. The summed E-state index contributed by atoms with van der Waals surface area (Å²) >= 11 is 0. The zero-order valence-corrected chi connectivity index (χ0v) is 17.0. The lowest BCUT2D eigenvalue weighted by Gasteiger charge is -2.35. The van der Waals surface area contributed by atoms with E-state index in [-0.39, 0.29) is 5.91 Å². The Morgan fingerprint density at radius 1 is 0.862 bits per heavy atom. The van der Waals surface area contributed by atoms with Crippen molar-refractivity contribution in [3.63, 3.8) is 0 Å². The van der Waals surface area contributed by atoms with Crippen molar-refractivity contribution in [2.75, 3.05) is 31.1 Å². The van der Waals surface area contributed by atoms with E-state index in [9.17, 15) is 4.79 Å². The third-order valence-corrected chi connectivity index (χ3v) is 5.45. The van der Waals surface area contributed by atoms with E-state index in [0.717, 1.165) is 48.8 Å². The number of anilines is 1. The molecule has 1 aliphatic heterocycles. The van der Waals surface area contributed by atoms with Gasteiger partial charge in [0, 0.05) is 49.2 Å². The van der Waals surface area contributed by atoms with Gasteiger partial charge in [-0.25, -0.2) is 4.68 Å². The number of benzene rings is 2. The monoisotopic (exact) mass is 386 g/mol. The number of hydrogen-bond donors (Lipinski definition) is 0. The predicted octanol–water partition coefficient (Wildman–Crippen LogP) is 3.85. The fraction of sp³-hybridized carbons (Fsp3) is 0.250. The van der Waals surface area contributed by atoms with Crippen LogP contribution in [0.3, 0.4) is 0 Å². The van der Waals surface area contributed by atoms with E-state index in [4.69, 9.17) is 0 Å². The molecule has 0 N–H and O–H groups in total. The molecule has 0 saturated carbocycles. The molecule has 1 aliphatic rings. The lowest BCUT2D eigenvalue weighted by molar-refractivity contribution is -0.126. The Morgan fingerprint density at radius 3 is 2.07 bits per heavy atom. The van der Waals surface area contributed by atoms with Gasteiger partial charge in [-0.15, -0.1) is 0 Å². The molecule has 4 rings (SSSR count). The fourth-order valence-corrected chi connectivity index (χ4v) is 3.80. The number of piperazine rings is 1. The van der Waals surface area contributed by atoms with Crippen LogP contribution in [0.5, 0.6) is 0 Å². The molecular formula is C24H26N4O. The lowest BCUT2D eigenvalue weighted by atomic mass is 10.1. The Labute approximate surface area is 171 Å². The molecule has 0 radical (unpaired) electrons. The smallest absolute Gasteiger partial charge is 0.246 e. The van der Waals surface area contributed by atoms with Crippen molar-refractivity contribution < 1.29 is 4.79 Å². The Hall–Kier alpha value is -3.34. The van der Waals surface area contributed by atoms with Gasteiger partial charge in [-0.2, -0.15) is 5.10 Å². The minimum atomic E-state index is 0.0592. The van der Waals surface area contributed by atoms with E-state index >= 15 is 0 Å². The summed E-state index contributed by atoms with van der Waals surface area (Å²) in [6.07, 6.45) is 3.59. The van der Waals surface area contributed by atoms with E-state index in [1.54, 1.807) is 6.08 Å². The van der Waals surface area contributed by atoms with Gasteiger partial charge >= 0.3 is 0 Å². The number of carbonyl (C=O) groups is 1. The molecule has 1 fully saturated rings. The van der Waals surface area contributed by atoms with Gasteiger partial charge in [0.2, 0.25) is 5.91 Å². The molecule has 0 aliphatic carbocycles. The van der Waals surface area contributed by atoms with Crippen LogP contribution in [-0.2, 0) is 4.79 Å². The van der Waals surface area contributed by atoms with Gasteiger partial charge in [0.05, 0.1) is 11.4 Å². The Morgan fingerprint density at radius 2 is 1.45 bits per heavy atom. The molecule has 0 unspecified atom stereocenters. The molecule has 1 amide bonds. The SMILES string of the molecule is Cc1nn(-c2ccccc2)c(C)c1/C=C/C(=O)N1CCN(c2ccccc2)CC1. The summed E-state index contributed by atoms with van der Waals surface area (Å²) in [5, 5.41) is 4.65. The summed E-state index contributed by atoms with van der Waals surface area (Å²) in [7, 11) is 0. The predicted molar refractivity (Wildman–Crippen MR) is 117 cm³/mol. The van der Waals surface area contributed by atoms with Crippen LogP contribution >= 0.6 is 0 Å². The van der Waals surface area contributed by atoms with Crippen molar-refractivity contribution in [2.45, 2.75) is 13.8 Å². The van der Waals surface area contributed by atoms with Crippen molar-refractivity contribution in [3.05, 3.63) is 83.7 Å². The maximum atomic E-state index is 12.7. The van der Waals surface area contributed by atoms with Crippen LogP contribution in [-0.4, -0.2) is 46.8 Å². The summed E-state index contributed by atoms with van der Waals surface area (Å²) in [6, 6.07) is 20.4. The Bertz CT molecular complexity index is 1000. The summed E-state index contributed by atoms with van der Waals surface area (Å²) in [5.41, 5.74) is 5.20. The van der Waals surface area contributed by atoms with E-state index < -0.39 is 0 Å². The summed E-state index contributed by atoms with van der Waals surface area (Å²) in [6.45, 7) is 7.20. The number of para-hydroxylation sites is 2. The highest BCUT2D eigenvalue weighted by Crippen LogP contribution is 2.20. The number of nitrogens with zero attached hydrogens (tertiary/aromatic N) is 4. The van der Waals surface area contributed by atoms with Gasteiger partial charge in [-0.3, -0.25) is 4.79 Å². The normalized spacial score (nSPS) is 14.6. The minimum Gasteiger partial charge on any atom is -0.368 e. The molecule has 2 heterocycles. The van der Waals surface area contributed by atoms with Crippen LogP contribution in [0.4, 0.5) is 5.69 Å². The highest BCUT2D eigenvalue weighted by molar-refractivity contribution is 5.92. The number of aryl methyl sites for hydroxylation is 1. The first-order valence-corrected chi connectivity index (χ1v) is 10.0. The van der Waals surface area contributed by atoms with Gasteiger partial charge in [0.15, 0.2) is 0 Å². The first kappa shape index (κ1) is 19.0. The molecule has 148 valence electrons. The number of amides is 1. The van der Waals surface area contributed by atoms with Crippen LogP contribution in [0.15, 0.2) is 66.7 Å². The van der Waals surface area contributed by atoms with Gasteiger partial charge in [0.25, 0.3) is 0 Å². The molecular weight excluding hydrogens is 360 g/mol. The van der Waals surface area contributed by atoms with Crippen molar-refractivity contribution in [1.29, 1.82) is 0 Å². The molecule has 1 aromatic heterocycles. The number of carbonyl (C=O) groups excluding carboxylic acids is 1. The highest BCUT2D eigenvalue weighted by Gasteiger charge is 2.20. The topological polar surface area (TPSA) is 41.4 Å². The zero-order chi connectivity index (χ0) is 20.2. The number of rotatable bonds is 4. The average molecular weight is 386 g/mol. The first-order chi connectivity index (χ1) is 14.1. The summed E-state index contributed by atoms with van der Waals surface area (Å²) in [5.74, 6) is 0.0592. The average Bonchev–Trinajstić information content (AvgIpc) is 3.07. The fourth-order valence-electron chi connectivity index (χ4n) is 3.80. The third kappa shape index (κ3) is 4.09. The Kier molecular flexibility index (Phi) is 5.47. The number of hydrogen-bond acceptors (Lipinski definition) is 3. The maximum Gasteiger partial charge on any atom is 0.246 e. The second kappa shape index (κ2) is 8.35. The van der Waals surface area contributed by atoms with Crippen molar-refractivity contribution in [1.82, 2.24) is 14.7 Å². The molecule has 0 atom stereocenters. The quantitative estimate of drug-likeness (QED) is 0.640. The first-order valence-electron chi connectivity index (χ1n) is 10.0. The molecule has 3 aromatic rings. The molecule has 5 nitrogen and oxygen atoms in total. The van der Waals surface area contributed by atoms with Crippen LogP contribution in [0.1, 0.15) is 17.0 Å². The Balaban J connectivity index is 1.42. The number of aromatic nitrogens is 2. The van der Waals surface area contributed by atoms with Crippen molar-refractivity contribution in [2.24, 2.45) is 0 Å². The summed E-state index contributed by atoms with van der Waals surface area (Å²) in [4.78, 5) is 17.0. The largest absolute Gasteiger partial charge is 0.368 e. The molecule has 0 spiro atoms. The van der Waals surface area contributed by atoms with Gasteiger partial charge < -0.3 is 9.80 Å². The van der Waals surface area contributed by atoms with Crippen LogP contribution in [0.25, 0.3) is 11.8 Å². The van der Waals surface area contributed by atoms with Crippen LogP contribution in [0.2, 0.25) is 0 Å². The second-order valence-corrected chi connectivity index (χ2v) is 7.31. The van der Waals surface area contributed by atoms with E-state index in [0.29, 0.717) is 0 Å². The molecule has 29 heavy (non-hydrogen) atoms. The highest BCUT2D eigenvalue weighted by atomic mass is 16.2. The van der Waals surface area contributed by atoms with Crippen molar-refractivity contribution in [3.8, 4) is 5.69 Å². The standard InChI is InChI=1S/C24H26N4O/c1-19-23(20(2)28(25-19)22-11-7-4-8-12-22)13-14-24(29)27-17-15-26(16-18-27)21-9-5-3-6-10-21/h3-14H,15-18H2,1-2H3/b14-13+. The minimum absolute atomic E-state index is 0.0592. The molecule has 2 aromatic carbocycles. The van der Waals surface area contributed by atoms with E-state index in [1.807, 2.05) is 65.9 Å². The van der Waals surface area contributed by atoms with E-state index in [2.05, 4.69) is 34.3 Å². The summed E-state index contributed by atoms with van der Waals surface area (Å²) < 4.78 is 1.93. The van der Waals surface area contributed by atoms with E-state index in [1.165, 1.54) is 5.69 Å². The molecule has 5 heteroatoms. The second-order valence-electron chi connectivity index (χ2n) is 7.31. The van der Waals surface area contributed by atoms with Crippen LogP contribution in [0, 0.1) is 13.8 Å². The van der Waals surface area contributed by atoms with Crippen molar-refractivity contribution >= 4 is 17.7 Å². The zero-order valence-electron chi connectivity index (χ0n) is 17.0. The van der Waals surface area contributed by atoms with Gasteiger partial charge in [0.1, 0.15) is 0 Å². The van der Waals surface area contributed by atoms with Crippen LogP contribution < -0.4 is 4.90 Å². The third-order valence-electron chi connectivity index (χ3n) is 5.45. The van der Waals surface area contributed by atoms with Gasteiger partial charge in [-0.1, -0.05) is 36.4 Å². The lowest BCUT2D eigenvalue weighted by Crippen LogP contribution is -2.48.